The van der Waals surface area contributed by atoms with Crippen LogP contribution in [0.2, 0.25) is 0 Å². The molecule has 4 heteroatoms. The number of pyridine rings is 1. The summed E-state index contributed by atoms with van der Waals surface area (Å²) < 4.78 is 5.47. The summed E-state index contributed by atoms with van der Waals surface area (Å²) in [6, 6.07) is 9.56. The van der Waals surface area contributed by atoms with Gasteiger partial charge in [-0.3, -0.25) is 9.78 Å². The summed E-state index contributed by atoms with van der Waals surface area (Å²) in [5.41, 5.74) is 1.45. The van der Waals surface area contributed by atoms with Crippen molar-refractivity contribution in [1.29, 1.82) is 0 Å². The number of fused-ring (bicyclic) bond motifs is 1. The molecule has 2 aromatic rings. The first-order valence-corrected chi connectivity index (χ1v) is 6.54. The van der Waals surface area contributed by atoms with Gasteiger partial charge in [-0.25, -0.2) is 0 Å². The molecule has 1 amide bonds. The van der Waals surface area contributed by atoms with Crippen LogP contribution in [-0.2, 0) is 4.74 Å². The molecular formula is C15H16N2O2. The Labute approximate surface area is 112 Å². The van der Waals surface area contributed by atoms with Crippen LogP contribution in [0.4, 0.5) is 0 Å². The molecule has 0 aliphatic carbocycles. The molecule has 4 nitrogen and oxygen atoms in total. The van der Waals surface area contributed by atoms with Crippen LogP contribution in [0.15, 0.2) is 36.5 Å². The van der Waals surface area contributed by atoms with Crippen molar-refractivity contribution < 1.29 is 9.53 Å². The molecule has 0 bridgehead atoms. The monoisotopic (exact) mass is 256 g/mol. The lowest BCUT2D eigenvalue weighted by atomic mass is 10.1. The van der Waals surface area contributed by atoms with Gasteiger partial charge in [-0.15, -0.1) is 0 Å². The number of rotatable bonds is 3. The minimum absolute atomic E-state index is 0.0419. The summed E-state index contributed by atoms with van der Waals surface area (Å²) >= 11 is 0. The highest BCUT2D eigenvalue weighted by atomic mass is 16.5. The van der Waals surface area contributed by atoms with Crippen molar-refractivity contribution in [2.75, 3.05) is 19.7 Å². The maximum Gasteiger partial charge on any atom is 0.256 e. The SMILES string of the molecule is CCOC1CN(C(=O)c2cccc3cccnc23)C1. The van der Waals surface area contributed by atoms with Crippen LogP contribution >= 0.6 is 0 Å². The molecule has 2 heterocycles. The van der Waals surface area contributed by atoms with Gasteiger partial charge in [0, 0.05) is 31.3 Å². The van der Waals surface area contributed by atoms with Crippen LogP contribution in [0, 0.1) is 0 Å². The Morgan fingerprint density at radius 3 is 2.95 bits per heavy atom. The molecule has 0 saturated carbocycles. The van der Waals surface area contributed by atoms with Gasteiger partial charge in [0.2, 0.25) is 0 Å². The highest BCUT2D eigenvalue weighted by Gasteiger charge is 2.32. The van der Waals surface area contributed by atoms with Gasteiger partial charge in [0.05, 0.1) is 17.2 Å². The normalized spacial score (nSPS) is 15.5. The molecule has 0 spiro atoms. The molecule has 1 aliphatic heterocycles. The summed E-state index contributed by atoms with van der Waals surface area (Å²) in [4.78, 5) is 18.6. The first-order valence-electron chi connectivity index (χ1n) is 6.54. The van der Waals surface area contributed by atoms with Crippen LogP contribution in [0.5, 0.6) is 0 Å². The van der Waals surface area contributed by atoms with Gasteiger partial charge in [0.25, 0.3) is 5.91 Å². The van der Waals surface area contributed by atoms with Crippen LogP contribution in [0.3, 0.4) is 0 Å². The van der Waals surface area contributed by atoms with Gasteiger partial charge < -0.3 is 9.64 Å². The predicted octanol–water partition coefficient (Wildman–Crippen LogP) is 2.10. The molecule has 0 radical (unpaired) electrons. The quantitative estimate of drug-likeness (QED) is 0.844. The topological polar surface area (TPSA) is 42.4 Å². The summed E-state index contributed by atoms with van der Waals surface area (Å²) in [5.74, 6) is 0.0419. The second-order valence-electron chi connectivity index (χ2n) is 4.67. The Kier molecular flexibility index (Phi) is 3.17. The van der Waals surface area contributed by atoms with Crippen molar-refractivity contribution in [3.05, 3.63) is 42.1 Å². The van der Waals surface area contributed by atoms with E-state index in [4.69, 9.17) is 4.74 Å². The van der Waals surface area contributed by atoms with Crippen molar-refractivity contribution in [3.63, 3.8) is 0 Å². The summed E-state index contributed by atoms with van der Waals surface area (Å²) in [6.45, 7) is 4.02. The molecule has 1 saturated heterocycles. The molecule has 1 fully saturated rings. The molecule has 1 aromatic heterocycles. The Balaban J connectivity index is 1.83. The molecule has 0 N–H and O–H groups in total. The van der Waals surface area contributed by atoms with E-state index < -0.39 is 0 Å². The van der Waals surface area contributed by atoms with E-state index in [1.54, 1.807) is 6.20 Å². The van der Waals surface area contributed by atoms with Crippen molar-refractivity contribution in [2.24, 2.45) is 0 Å². The number of carbonyl (C=O) groups is 1. The molecule has 19 heavy (non-hydrogen) atoms. The summed E-state index contributed by atoms with van der Waals surface area (Å²) in [6.07, 6.45) is 1.91. The van der Waals surface area contributed by atoms with Crippen LogP contribution in [-0.4, -0.2) is 41.6 Å². The minimum atomic E-state index is 0.0419. The van der Waals surface area contributed by atoms with E-state index in [0.717, 1.165) is 10.9 Å². The van der Waals surface area contributed by atoms with E-state index in [0.29, 0.717) is 25.3 Å². The Morgan fingerprint density at radius 1 is 1.37 bits per heavy atom. The number of nitrogens with zero attached hydrogens (tertiary/aromatic N) is 2. The van der Waals surface area contributed by atoms with E-state index in [2.05, 4.69) is 4.98 Å². The Morgan fingerprint density at radius 2 is 2.16 bits per heavy atom. The third kappa shape index (κ3) is 2.19. The summed E-state index contributed by atoms with van der Waals surface area (Å²) in [7, 11) is 0. The van der Waals surface area contributed by atoms with E-state index in [9.17, 15) is 4.79 Å². The number of para-hydroxylation sites is 1. The highest BCUT2D eigenvalue weighted by Crippen LogP contribution is 2.21. The third-order valence-electron chi connectivity index (χ3n) is 3.40. The number of carbonyl (C=O) groups excluding carboxylic acids is 1. The maximum atomic E-state index is 12.4. The number of hydrogen-bond donors (Lipinski definition) is 0. The zero-order valence-corrected chi connectivity index (χ0v) is 10.9. The van der Waals surface area contributed by atoms with E-state index >= 15 is 0 Å². The van der Waals surface area contributed by atoms with Crippen LogP contribution < -0.4 is 0 Å². The fourth-order valence-corrected chi connectivity index (χ4v) is 2.39. The van der Waals surface area contributed by atoms with Crippen LogP contribution in [0.25, 0.3) is 10.9 Å². The standard InChI is InChI=1S/C15H16N2O2/c1-2-19-12-9-17(10-12)15(18)13-7-3-5-11-6-4-8-16-14(11)13/h3-8,12H,2,9-10H2,1H3. The lowest BCUT2D eigenvalue weighted by molar-refractivity contribution is -0.0377. The zero-order chi connectivity index (χ0) is 13.2. The van der Waals surface area contributed by atoms with Gasteiger partial charge >= 0.3 is 0 Å². The number of likely N-dealkylation sites (tertiary alicyclic amines) is 1. The summed E-state index contributed by atoms with van der Waals surface area (Å²) in [5, 5.41) is 0.996. The lowest BCUT2D eigenvalue weighted by Gasteiger charge is -2.38. The number of aromatic nitrogens is 1. The molecule has 98 valence electrons. The van der Waals surface area contributed by atoms with E-state index in [-0.39, 0.29) is 12.0 Å². The van der Waals surface area contributed by atoms with Crippen LogP contribution in [0.1, 0.15) is 17.3 Å². The van der Waals surface area contributed by atoms with E-state index in [1.807, 2.05) is 42.2 Å². The van der Waals surface area contributed by atoms with Gasteiger partial charge in [-0.1, -0.05) is 18.2 Å². The first kappa shape index (κ1) is 12.1. The third-order valence-corrected chi connectivity index (χ3v) is 3.40. The Bertz CT molecular complexity index is 601. The molecule has 1 aromatic carbocycles. The fourth-order valence-electron chi connectivity index (χ4n) is 2.39. The van der Waals surface area contributed by atoms with Crippen molar-refractivity contribution in [2.45, 2.75) is 13.0 Å². The number of ether oxygens (including phenoxy) is 1. The number of hydrogen-bond acceptors (Lipinski definition) is 3. The lowest BCUT2D eigenvalue weighted by Crippen LogP contribution is -2.54. The van der Waals surface area contributed by atoms with Gasteiger partial charge in [-0.2, -0.15) is 0 Å². The van der Waals surface area contributed by atoms with Gasteiger partial charge in [-0.05, 0) is 19.1 Å². The average molecular weight is 256 g/mol. The maximum absolute atomic E-state index is 12.4. The minimum Gasteiger partial charge on any atom is -0.375 e. The van der Waals surface area contributed by atoms with Gasteiger partial charge in [0.15, 0.2) is 0 Å². The van der Waals surface area contributed by atoms with Crippen molar-refractivity contribution in [3.8, 4) is 0 Å². The molecule has 0 unspecified atom stereocenters. The zero-order valence-electron chi connectivity index (χ0n) is 10.9. The first-order chi connectivity index (χ1) is 9.29. The van der Waals surface area contributed by atoms with E-state index in [1.165, 1.54) is 0 Å². The fraction of sp³-hybridized carbons (Fsp3) is 0.333. The second-order valence-corrected chi connectivity index (χ2v) is 4.67. The molecular weight excluding hydrogens is 240 g/mol. The largest absolute Gasteiger partial charge is 0.375 e. The predicted molar refractivity (Wildman–Crippen MR) is 73.1 cm³/mol. The Hall–Kier alpha value is -1.94. The van der Waals surface area contributed by atoms with Crippen molar-refractivity contribution >= 4 is 16.8 Å². The number of benzene rings is 1. The number of amides is 1. The average Bonchev–Trinajstić information content (AvgIpc) is 2.41. The second kappa shape index (κ2) is 4.97. The molecule has 3 rings (SSSR count). The van der Waals surface area contributed by atoms with Gasteiger partial charge in [0.1, 0.15) is 0 Å². The molecule has 0 atom stereocenters. The highest BCUT2D eigenvalue weighted by molar-refractivity contribution is 6.05. The smallest absolute Gasteiger partial charge is 0.256 e. The molecule has 1 aliphatic rings. The van der Waals surface area contributed by atoms with Crippen molar-refractivity contribution in [1.82, 2.24) is 9.88 Å².